The Labute approximate surface area is 65.0 Å². The molecule has 0 bridgehead atoms. The van der Waals surface area contributed by atoms with Crippen molar-refractivity contribution < 1.29 is 9.92 Å². The Morgan fingerprint density at radius 2 is 2.55 bits per heavy atom. The fourth-order valence-corrected chi connectivity index (χ4v) is 1.34. The van der Waals surface area contributed by atoms with Crippen molar-refractivity contribution in [3.8, 4) is 0 Å². The third-order valence-corrected chi connectivity index (χ3v) is 2.04. The van der Waals surface area contributed by atoms with Crippen molar-refractivity contribution in [3.63, 3.8) is 0 Å². The highest BCUT2D eigenvalue weighted by Gasteiger charge is 2.21. The van der Waals surface area contributed by atoms with Gasteiger partial charge in [0.05, 0.1) is 0 Å². The normalized spacial score (nSPS) is 25.4. The summed E-state index contributed by atoms with van der Waals surface area (Å²) in [6.07, 6.45) is 2.12. The molecule has 0 aromatic rings. The molecule has 1 heterocycles. The Hall–Kier alpha value is -0.840. The summed E-state index contributed by atoms with van der Waals surface area (Å²) in [4.78, 5) is 16.2. The maximum atomic E-state index is 9.83. The Morgan fingerprint density at radius 1 is 1.82 bits per heavy atom. The van der Waals surface area contributed by atoms with Crippen LogP contribution in [0.2, 0.25) is 0 Å². The van der Waals surface area contributed by atoms with Crippen LogP contribution in [-0.2, 0) is 4.84 Å². The molecular weight excluding hydrogens is 148 g/mol. The predicted molar refractivity (Wildman–Crippen MR) is 38.6 cm³/mol. The summed E-state index contributed by atoms with van der Waals surface area (Å²) in [5, 5.41) is 9.10. The van der Waals surface area contributed by atoms with E-state index in [1.807, 2.05) is 7.05 Å². The minimum Gasteiger partial charge on any atom is -0.312 e. The predicted octanol–water partition coefficient (Wildman–Crippen LogP) is 0.289. The van der Waals surface area contributed by atoms with E-state index in [1.165, 1.54) is 0 Å². The zero-order valence-electron chi connectivity index (χ0n) is 6.52. The molecule has 1 fully saturated rings. The molecule has 1 aliphatic heterocycles. The fraction of sp³-hybridized carbons (Fsp3) is 1.00. The second-order valence-corrected chi connectivity index (χ2v) is 2.80. The fourth-order valence-electron chi connectivity index (χ4n) is 1.34. The van der Waals surface area contributed by atoms with Crippen LogP contribution in [0.25, 0.3) is 0 Å². The Balaban J connectivity index is 2.20. The molecule has 1 atom stereocenters. The van der Waals surface area contributed by atoms with E-state index in [0.29, 0.717) is 0 Å². The monoisotopic (exact) mass is 160 g/mol. The number of likely N-dealkylation sites (N-methyl/N-ethyl adjacent to an activating group) is 1. The highest BCUT2D eigenvalue weighted by Crippen LogP contribution is 2.14. The summed E-state index contributed by atoms with van der Waals surface area (Å²) in [7, 11) is 1.96. The second kappa shape index (κ2) is 3.52. The van der Waals surface area contributed by atoms with Gasteiger partial charge in [0, 0.05) is 6.04 Å². The lowest BCUT2D eigenvalue weighted by molar-refractivity contribution is -0.758. The first-order valence-electron chi connectivity index (χ1n) is 3.67. The SMILES string of the molecule is CN1CCCC1CO[N+](=O)[O-]. The van der Waals surface area contributed by atoms with Crippen LogP contribution in [0.4, 0.5) is 0 Å². The molecule has 1 saturated heterocycles. The summed E-state index contributed by atoms with van der Waals surface area (Å²) in [6, 6.07) is 0.236. The van der Waals surface area contributed by atoms with Gasteiger partial charge in [0.25, 0.3) is 5.09 Å². The largest absolute Gasteiger partial charge is 0.312 e. The minimum atomic E-state index is -0.730. The van der Waals surface area contributed by atoms with Crippen molar-refractivity contribution in [2.45, 2.75) is 18.9 Å². The van der Waals surface area contributed by atoms with Crippen LogP contribution in [0.1, 0.15) is 12.8 Å². The average molecular weight is 160 g/mol. The summed E-state index contributed by atoms with van der Waals surface area (Å²) in [5.74, 6) is 0. The van der Waals surface area contributed by atoms with Crippen molar-refractivity contribution in [2.75, 3.05) is 20.2 Å². The maximum Gasteiger partial charge on any atom is 0.294 e. The minimum absolute atomic E-state index is 0.212. The third kappa shape index (κ3) is 2.34. The van der Waals surface area contributed by atoms with Crippen LogP contribution in [-0.4, -0.2) is 36.2 Å². The van der Waals surface area contributed by atoms with Gasteiger partial charge in [-0.1, -0.05) is 0 Å². The molecule has 1 aliphatic rings. The number of rotatable bonds is 3. The van der Waals surface area contributed by atoms with E-state index in [9.17, 15) is 10.1 Å². The third-order valence-electron chi connectivity index (χ3n) is 2.04. The zero-order chi connectivity index (χ0) is 8.27. The summed E-state index contributed by atoms with van der Waals surface area (Å²) < 4.78 is 0. The molecule has 0 spiro atoms. The number of hydrogen-bond donors (Lipinski definition) is 0. The topological polar surface area (TPSA) is 55.6 Å². The van der Waals surface area contributed by atoms with Gasteiger partial charge in [-0.05, 0) is 26.4 Å². The van der Waals surface area contributed by atoms with Crippen molar-refractivity contribution in [2.24, 2.45) is 0 Å². The molecule has 64 valence electrons. The van der Waals surface area contributed by atoms with Crippen LogP contribution in [0, 0.1) is 10.1 Å². The van der Waals surface area contributed by atoms with E-state index in [4.69, 9.17) is 0 Å². The van der Waals surface area contributed by atoms with Crippen molar-refractivity contribution in [1.82, 2.24) is 4.90 Å². The molecule has 1 unspecified atom stereocenters. The Kier molecular flexibility index (Phi) is 2.64. The van der Waals surface area contributed by atoms with Gasteiger partial charge in [0.15, 0.2) is 0 Å². The lowest BCUT2D eigenvalue weighted by atomic mass is 10.2. The van der Waals surface area contributed by atoms with Gasteiger partial charge in [0.2, 0.25) is 0 Å². The number of hydrogen-bond acceptors (Lipinski definition) is 4. The van der Waals surface area contributed by atoms with Gasteiger partial charge in [0.1, 0.15) is 6.61 Å². The molecule has 1 rings (SSSR count). The van der Waals surface area contributed by atoms with Gasteiger partial charge in [-0.25, -0.2) is 0 Å². The van der Waals surface area contributed by atoms with Crippen LogP contribution in [0.5, 0.6) is 0 Å². The van der Waals surface area contributed by atoms with Crippen LogP contribution >= 0.6 is 0 Å². The quantitative estimate of drug-likeness (QED) is 0.440. The van der Waals surface area contributed by atoms with Gasteiger partial charge < -0.3 is 9.74 Å². The van der Waals surface area contributed by atoms with Crippen LogP contribution in [0.15, 0.2) is 0 Å². The molecule has 11 heavy (non-hydrogen) atoms. The highest BCUT2D eigenvalue weighted by molar-refractivity contribution is 4.74. The molecule has 0 amide bonds. The lowest BCUT2D eigenvalue weighted by Crippen LogP contribution is -2.30. The molecule has 0 aliphatic carbocycles. The van der Waals surface area contributed by atoms with Crippen molar-refractivity contribution in [3.05, 3.63) is 10.1 Å². The molecule has 0 aromatic carbocycles. The standard InChI is InChI=1S/C6H12N2O3/c1-7-4-2-3-6(7)5-11-8(9)10/h6H,2-5H2,1H3. The summed E-state index contributed by atoms with van der Waals surface area (Å²) >= 11 is 0. The van der Waals surface area contributed by atoms with E-state index in [1.54, 1.807) is 0 Å². The zero-order valence-corrected chi connectivity index (χ0v) is 6.52. The van der Waals surface area contributed by atoms with Crippen molar-refractivity contribution in [1.29, 1.82) is 0 Å². The first-order valence-corrected chi connectivity index (χ1v) is 3.67. The molecule has 0 saturated carbocycles. The Bertz CT molecular complexity index is 151. The molecular formula is C6H12N2O3. The van der Waals surface area contributed by atoms with Gasteiger partial charge in [-0.15, -0.1) is 10.1 Å². The summed E-state index contributed by atoms with van der Waals surface area (Å²) in [5.41, 5.74) is 0. The molecule has 0 radical (unpaired) electrons. The molecule has 5 nitrogen and oxygen atoms in total. The second-order valence-electron chi connectivity index (χ2n) is 2.80. The molecule has 0 N–H and O–H groups in total. The van der Waals surface area contributed by atoms with E-state index in [0.717, 1.165) is 19.4 Å². The van der Waals surface area contributed by atoms with E-state index < -0.39 is 5.09 Å². The van der Waals surface area contributed by atoms with Crippen LogP contribution < -0.4 is 0 Å². The lowest BCUT2D eigenvalue weighted by Gasteiger charge is -2.17. The Morgan fingerprint density at radius 3 is 3.00 bits per heavy atom. The summed E-state index contributed by atoms with van der Waals surface area (Å²) in [6.45, 7) is 1.23. The van der Waals surface area contributed by atoms with Crippen molar-refractivity contribution >= 4 is 0 Å². The highest BCUT2D eigenvalue weighted by atomic mass is 16.9. The number of nitrogens with zero attached hydrogens (tertiary/aromatic N) is 2. The van der Waals surface area contributed by atoms with E-state index >= 15 is 0 Å². The van der Waals surface area contributed by atoms with Gasteiger partial charge in [-0.2, -0.15) is 0 Å². The first kappa shape index (κ1) is 8.26. The average Bonchev–Trinajstić information content (AvgIpc) is 2.31. The van der Waals surface area contributed by atoms with E-state index in [-0.39, 0.29) is 12.6 Å². The van der Waals surface area contributed by atoms with Crippen LogP contribution in [0.3, 0.4) is 0 Å². The first-order chi connectivity index (χ1) is 5.20. The molecule has 0 aromatic heterocycles. The van der Waals surface area contributed by atoms with E-state index in [2.05, 4.69) is 9.74 Å². The molecule has 5 heteroatoms. The maximum absolute atomic E-state index is 9.83. The smallest absolute Gasteiger partial charge is 0.294 e. The number of likely N-dealkylation sites (tertiary alicyclic amines) is 1. The van der Waals surface area contributed by atoms with Gasteiger partial charge in [-0.3, -0.25) is 0 Å². The van der Waals surface area contributed by atoms with Gasteiger partial charge >= 0.3 is 0 Å².